The molecule has 5 heteroatoms. The number of hydrogen-bond donors (Lipinski definition) is 1. The third-order valence-electron chi connectivity index (χ3n) is 5.45. The molecule has 0 unspecified atom stereocenters. The van der Waals surface area contributed by atoms with Gasteiger partial charge in [0.15, 0.2) is 0 Å². The van der Waals surface area contributed by atoms with E-state index in [2.05, 4.69) is 10.2 Å². The molecule has 1 aromatic rings. The maximum atomic E-state index is 12.2. The Bertz CT molecular complexity index is 550. The molecule has 1 N–H and O–H groups in total. The molecule has 1 aliphatic carbocycles. The van der Waals surface area contributed by atoms with Crippen molar-refractivity contribution in [2.45, 2.75) is 56.4 Å². The number of amides is 1. The summed E-state index contributed by atoms with van der Waals surface area (Å²) in [7, 11) is 0. The van der Waals surface area contributed by atoms with Crippen molar-refractivity contribution < 1.29 is 9.53 Å². The van der Waals surface area contributed by atoms with E-state index in [9.17, 15) is 4.79 Å². The van der Waals surface area contributed by atoms with Gasteiger partial charge in [-0.2, -0.15) is 0 Å². The number of carbonyl (C=O) groups excluding carboxylic acids is 1. The summed E-state index contributed by atoms with van der Waals surface area (Å²) in [6.07, 6.45) is 7.85. The summed E-state index contributed by atoms with van der Waals surface area (Å²) in [6.45, 7) is 6.19. The lowest BCUT2D eigenvalue weighted by Crippen LogP contribution is -2.46. The molecular weight excluding hydrogens is 344 g/mol. The van der Waals surface area contributed by atoms with E-state index in [0.717, 1.165) is 42.5 Å². The SMILES string of the molecule is CCOc1ccc(SCC(=O)NC2CCN(CC3CCCC3)CC2)cc1. The Labute approximate surface area is 162 Å². The molecule has 0 atom stereocenters. The minimum atomic E-state index is 0.151. The molecule has 4 nitrogen and oxygen atoms in total. The van der Waals surface area contributed by atoms with E-state index in [0.29, 0.717) is 18.4 Å². The van der Waals surface area contributed by atoms with E-state index in [4.69, 9.17) is 4.74 Å². The summed E-state index contributed by atoms with van der Waals surface area (Å²) in [6, 6.07) is 8.31. The molecule has 3 rings (SSSR count). The Balaban J connectivity index is 1.32. The van der Waals surface area contributed by atoms with Gasteiger partial charge in [-0.15, -0.1) is 11.8 Å². The molecule has 1 amide bonds. The second kappa shape index (κ2) is 10.2. The molecule has 1 aliphatic heterocycles. The fourth-order valence-corrected chi connectivity index (χ4v) is 4.74. The molecular formula is C21H32N2O2S. The largest absolute Gasteiger partial charge is 0.494 e. The average Bonchev–Trinajstić information content (AvgIpc) is 3.16. The fourth-order valence-electron chi connectivity index (χ4n) is 4.03. The van der Waals surface area contributed by atoms with Crippen LogP contribution in [0.1, 0.15) is 45.4 Å². The van der Waals surface area contributed by atoms with Gasteiger partial charge >= 0.3 is 0 Å². The van der Waals surface area contributed by atoms with Gasteiger partial charge in [-0.1, -0.05) is 12.8 Å². The molecule has 0 bridgehead atoms. The number of hydrogen-bond acceptors (Lipinski definition) is 4. The Morgan fingerprint density at radius 2 is 1.85 bits per heavy atom. The van der Waals surface area contributed by atoms with Crippen molar-refractivity contribution in [1.82, 2.24) is 10.2 Å². The van der Waals surface area contributed by atoms with E-state index < -0.39 is 0 Å². The zero-order valence-electron chi connectivity index (χ0n) is 15.9. The quantitative estimate of drug-likeness (QED) is 0.698. The third kappa shape index (κ3) is 6.20. The van der Waals surface area contributed by atoms with Gasteiger partial charge in [-0.05, 0) is 62.8 Å². The monoisotopic (exact) mass is 376 g/mol. The van der Waals surface area contributed by atoms with Crippen LogP contribution in [0.3, 0.4) is 0 Å². The van der Waals surface area contributed by atoms with Crippen LogP contribution in [0, 0.1) is 5.92 Å². The first-order chi connectivity index (χ1) is 12.7. The molecule has 0 radical (unpaired) electrons. The molecule has 2 aliphatic rings. The number of nitrogens with one attached hydrogen (secondary N) is 1. The molecule has 1 heterocycles. The summed E-state index contributed by atoms with van der Waals surface area (Å²) < 4.78 is 5.44. The minimum absolute atomic E-state index is 0.151. The lowest BCUT2D eigenvalue weighted by Gasteiger charge is -2.33. The summed E-state index contributed by atoms with van der Waals surface area (Å²) in [4.78, 5) is 16.0. The van der Waals surface area contributed by atoms with Crippen molar-refractivity contribution in [3.63, 3.8) is 0 Å². The molecule has 26 heavy (non-hydrogen) atoms. The van der Waals surface area contributed by atoms with Crippen molar-refractivity contribution in [3.8, 4) is 5.75 Å². The van der Waals surface area contributed by atoms with Crippen LogP contribution in [0.2, 0.25) is 0 Å². The van der Waals surface area contributed by atoms with Crippen molar-refractivity contribution in [3.05, 3.63) is 24.3 Å². The van der Waals surface area contributed by atoms with Crippen LogP contribution in [0.5, 0.6) is 5.75 Å². The normalized spacial score (nSPS) is 19.6. The minimum Gasteiger partial charge on any atom is -0.494 e. The van der Waals surface area contributed by atoms with Crippen LogP contribution in [-0.4, -0.2) is 48.8 Å². The first-order valence-corrected chi connectivity index (χ1v) is 11.1. The zero-order valence-corrected chi connectivity index (χ0v) is 16.7. The molecule has 2 fully saturated rings. The highest BCUT2D eigenvalue weighted by Gasteiger charge is 2.24. The second-order valence-electron chi connectivity index (χ2n) is 7.49. The number of piperidine rings is 1. The highest BCUT2D eigenvalue weighted by Crippen LogP contribution is 2.26. The van der Waals surface area contributed by atoms with Crippen molar-refractivity contribution in [2.24, 2.45) is 5.92 Å². The van der Waals surface area contributed by atoms with Crippen LogP contribution < -0.4 is 10.1 Å². The Morgan fingerprint density at radius 1 is 1.15 bits per heavy atom. The second-order valence-corrected chi connectivity index (χ2v) is 8.53. The third-order valence-corrected chi connectivity index (χ3v) is 6.46. The van der Waals surface area contributed by atoms with Gasteiger partial charge in [0.2, 0.25) is 5.91 Å². The summed E-state index contributed by atoms with van der Waals surface area (Å²) in [5.74, 6) is 2.44. The molecule has 0 spiro atoms. The molecule has 144 valence electrons. The Kier molecular flexibility index (Phi) is 7.69. The Hall–Kier alpha value is -1.20. The average molecular weight is 377 g/mol. The van der Waals surface area contributed by atoms with Crippen molar-refractivity contribution in [1.29, 1.82) is 0 Å². The number of ether oxygens (including phenoxy) is 1. The molecule has 1 saturated heterocycles. The van der Waals surface area contributed by atoms with Crippen LogP contribution in [-0.2, 0) is 4.79 Å². The van der Waals surface area contributed by atoms with Gasteiger partial charge in [-0.25, -0.2) is 0 Å². The summed E-state index contributed by atoms with van der Waals surface area (Å²) >= 11 is 1.59. The van der Waals surface area contributed by atoms with E-state index in [-0.39, 0.29) is 5.91 Å². The molecule has 1 saturated carbocycles. The van der Waals surface area contributed by atoms with Gasteiger partial charge in [0.05, 0.1) is 12.4 Å². The van der Waals surface area contributed by atoms with E-state index in [1.807, 2.05) is 31.2 Å². The number of rotatable bonds is 8. The predicted octanol–water partition coefficient (Wildman–Crippen LogP) is 3.95. The topological polar surface area (TPSA) is 41.6 Å². The number of carbonyl (C=O) groups is 1. The van der Waals surface area contributed by atoms with Crippen LogP contribution >= 0.6 is 11.8 Å². The lowest BCUT2D eigenvalue weighted by atomic mass is 10.0. The highest BCUT2D eigenvalue weighted by molar-refractivity contribution is 8.00. The van der Waals surface area contributed by atoms with Crippen LogP contribution in [0.4, 0.5) is 0 Å². The van der Waals surface area contributed by atoms with Gasteiger partial charge in [-0.3, -0.25) is 4.79 Å². The maximum Gasteiger partial charge on any atom is 0.230 e. The van der Waals surface area contributed by atoms with E-state index >= 15 is 0 Å². The van der Waals surface area contributed by atoms with Gasteiger partial charge in [0.25, 0.3) is 0 Å². The highest BCUT2D eigenvalue weighted by atomic mass is 32.2. The lowest BCUT2D eigenvalue weighted by molar-refractivity contribution is -0.119. The van der Waals surface area contributed by atoms with Crippen LogP contribution in [0.25, 0.3) is 0 Å². The maximum absolute atomic E-state index is 12.2. The molecule has 0 aromatic heterocycles. The predicted molar refractivity (Wildman–Crippen MR) is 108 cm³/mol. The summed E-state index contributed by atoms with van der Waals surface area (Å²) in [5.41, 5.74) is 0. The van der Waals surface area contributed by atoms with Gasteiger partial charge in [0.1, 0.15) is 5.75 Å². The van der Waals surface area contributed by atoms with Crippen molar-refractivity contribution in [2.75, 3.05) is 32.0 Å². The van der Waals surface area contributed by atoms with Crippen molar-refractivity contribution >= 4 is 17.7 Å². The Morgan fingerprint density at radius 3 is 2.50 bits per heavy atom. The van der Waals surface area contributed by atoms with E-state index in [1.54, 1.807) is 11.8 Å². The number of nitrogens with zero attached hydrogens (tertiary/aromatic N) is 1. The molecule has 1 aromatic carbocycles. The summed E-state index contributed by atoms with van der Waals surface area (Å²) in [5, 5.41) is 3.22. The van der Waals surface area contributed by atoms with E-state index in [1.165, 1.54) is 32.2 Å². The van der Waals surface area contributed by atoms with Gasteiger partial charge in [0, 0.05) is 30.6 Å². The smallest absolute Gasteiger partial charge is 0.230 e. The standard InChI is InChI=1S/C21H32N2O2S/c1-2-25-19-7-9-20(10-8-19)26-16-21(24)22-18-11-13-23(14-12-18)15-17-5-3-4-6-17/h7-10,17-18H,2-6,11-16H2,1H3,(H,22,24). The number of thioether (sulfide) groups is 1. The first-order valence-electron chi connectivity index (χ1n) is 10.1. The van der Waals surface area contributed by atoms with Crippen LogP contribution in [0.15, 0.2) is 29.2 Å². The number of likely N-dealkylation sites (tertiary alicyclic amines) is 1. The number of benzene rings is 1. The zero-order chi connectivity index (χ0) is 18.2. The first kappa shape index (κ1) is 19.6. The van der Waals surface area contributed by atoms with Gasteiger partial charge < -0.3 is 15.0 Å². The fraction of sp³-hybridized carbons (Fsp3) is 0.667.